The molecule has 0 aromatic heterocycles. The molecule has 0 rings (SSSR count). The highest BCUT2D eigenvalue weighted by atomic mass is 32.2. The van der Waals surface area contributed by atoms with Gasteiger partial charge in [0.25, 0.3) is 0 Å². The van der Waals surface area contributed by atoms with Crippen LogP contribution in [0.25, 0.3) is 0 Å². The maximum Gasteiger partial charge on any atom is 0.211 e. The first-order chi connectivity index (χ1) is 9.62. The largest absolute Gasteiger partial charge is 0.381 e. The minimum absolute atomic E-state index is 0.220. The summed E-state index contributed by atoms with van der Waals surface area (Å²) in [6, 6.07) is 0. The second-order valence-electron chi connectivity index (χ2n) is 4.99. The van der Waals surface area contributed by atoms with Gasteiger partial charge in [0.15, 0.2) is 0 Å². The first-order valence-corrected chi connectivity index (χ1v) is 9.53. The molecule has 0 saturated heterocycles. The number of nitrogens with one attached hydrogen (secondary N) is 2. The molecular weight excluding hydrogens is 276 g/mol. The second kappa shape index (κ2) is 13.8. The van der Waals surface area contributed by atoms with Crippen molar-refractivity contribution in [3.8, 4) is 0 Å². The molecule has 0 radical (unpaired) electrons. The Balaban J connectivity index is 3.41. The third kappa shape index (κ3) is 14.2. The molecule has 20 heavy (non-hydrogen) atoms. The highest BCUT2D eigenvalue weighted by Crippen LogP contribution is 1.95. The lowest BCUT2D eigenvalue weighted by Crippen LogP contribution is -2.28. The number of hydrogen-bond donors (Lipinski definition) is 2. The van der Waals surface area contributed by atoms with Gasteiger partial charge in [-0.2, -0.15) is 0 Å². The fourth-order valence-corrected chi connectivity index (χ4v) is 2.85. The average molecular weight is 308 g/mol. The lowest BCUT2D eigenvalue weighted by Gasteiger charge is -2.07. The van der Waals surface area contributed by atoms with Gasteiger partial charge in [0.2, 0.25) is 10.0 Å². The molecule has 0 fully saturated rings. The van der Waals surface area contributed by atoms with Crippen molar-refractivity contribution in [2.24, 2.45) is 0 Å². The molecule has 0 heterocycles. The van der Waals surface area contributed by atoms with Gasteiger partial charge in [-0.3, -0.25) is 0 Å². The predicted octanol–water partition coefficient (Wildman–Crippen LogP) is 1.89. The summed E-state index contributed by atoms with van der Waals surface area (Å²) in [7, 11) is -3.11. The summed E-state index contributed by atoms with van der Waals surface area (Å²) in [6.45, 7) is 8.01. The number of ether oxygens (including phenoxy) is 1. The van der Waals surface area contributed by atoms with Crippen LogP contribution in [0.15, 0.2) is 0 Å². The zero-order chi connectivity index (χ0) is 15.1. The molecule has 0 aliphatic carbocycles. The van der Waals surface area contributed by atoms with E-state index in [0.717, 1.165) is 51.8 Å². The Morgan fingerprint density at radius 3 is 2.30 bits per heavy atom. The van der Waals surface area contributed by atoms with Gasteiger partial charge in [0, 0.05) is 19.8 Å². The van der Waals surface area contributed by atoms with Crippen LogP contribution < -0.4 is 10.0 Å². The van der Waals surface area contributed by atoms with E-state index in [1.807, 2.05) is 0 Å². The van der Waals surface area contributed by atoms with Crippen LogP contribution >= 0.6 is 0 Å². The zero-order valence-electron chi connectivity index (χ0n) is 13.1. The van der Waals surface area contributed by atoms with Gasteiger partial charge in [-0.1, -0.05) is 20.3 Å². The van der Waals surface area contributed by atoms with E-state index in [2.05, 4.69) is 23.9 Å². The van der Waals surface area contributed by atoms with Crippen molar-refractivity contribution in [3.63, 3.8) is 0 Å². The van der Waals surface area contributed by atoms with Crippen molar-refractivity contribution >= 4 is 10.0 Å². The Morgan fingerprint density at radius 2 is 1.60 bits per heavy atom. The van der Waals surface area contributed by atoms with Crippen LogP contribution in [0.4, 0.5) is 0 Å². The normalized spacial score (nSPS) is 11.9. The Kier molecular flexibility index (Phi) is 13.7. The fraction of sp³-hybridized carbons (Fsp3) is 1.00. The van der Waals surface area contributed by atoms with Crippen LogP contribution in [0.3, 0.4) is 0 Å². The molecular formula is C14H32N2O3S. The average Bonchev–Trinajstić information content (AvgIpc) is 2.41. The summed E-state index contributed by atoms with van der Waals surface area (Å²) in [5, 5.41) is 3.27. The summed E-state index contributed by atoms with van der Waals surface area (Å²) >= 11 is 0. The molecule has 0 aromatic carbocycles. The van der Waals surface area contributed by atoms with Gasteiger partial charge >= 0.3 is 0 Å². The molecule has 2 N–H and O–H groups in total. The summed E-state index contributed by atoms with van der Waals surface area (Å²) in [5.74, 6) is 0.220. The van der Waals surface area contributed by atoms with Crippen LogP contribution in [0.2, 0.25) is 0 Å². The Bertz CT molecular complexity index is 295. The Labute approximate surface area is 124 Å². The highest BCUT2D eigenvalue weighted by molar-refractivity contribution is 7.89. The lowest BCUT2D eigenvalue weighted by molar-refractivity contribution is 0.130. The molecule has 0 aliphatic heterocycles. The van der Waals surface area contributed by atoms with Crippen LogP contribution in [0.1, 0.15) is 52.4 Å². The van der Waals surface area contributed by atoms with Gasteiger partial charge in [-0.15, -0.1) is 0 Å². The van der Waals surface area contributed by atoms with E-state index in [1.54, 1.807) is 0 Å². The molecule has 0 aliphatic rings. The fourth-order valence-electron chi connectivity index (χ4n) is 1.67. The standard InChI is InChI=1S/C14H32N2O3S/c1-3-5-12-19-13-8-11-16-20(17,18)14-7-6-10-15-9-4-2/h15-16H,3-14H2,1-2H3. The third-order valence-corrected chi connectivity index (χ3v) is 4.34. The quantitative estimate of drug-likeness (QED) is 0.453. The summed E-state index contributed by atoms with van der Waals surface area (Å²) in [6.07, 6.45) is 5.65. The van der Waals surface area contributed by atoms with E-state index >= 15 is 0 Å². The first kappa shape index (κ1) is 19.8. The van der Waals surface area contributed by atoms with Crippen LogP contribution in [-0.4, -0.2) is 47.0 Å². The molecule has 0 saturated carbocycles. The van der Waals surface area contributed by atoms with Gasteiger partial charge in [0.1, 0.15) is 0 Å². The van der Waals surface area contributed by atoms with Crippen LogP contribution in [0, 0.1) is 0 Å². The molecule has 0 bridgehead atoms. The Morgan fingerprint density at radius 1 is 0.850 bits per heavy atom. The van der Waals surface area contributed by atoms with Gasteiger partial charge in [-0.25, -0.2) is 13.1 Å². The SMILES string of the molecule is CCCCOCCCNS(=O)(=O)CCCCNCCC. The van der Waals surface area contributed by atoms with Crippen molar-refractivity contribution in [1.29, 1.82) is 0 Å². The topological polar surface area (TPSA) is 67.4 Å². The van der Waals surface area contributed by atoms with E-state index in [4.69, 9.17) is 4.74 Å². The minimum atomic E-state index is -3.11. The number of unbranched alkanes of at least 4 members (excludes halogenated alkanes) is 2. The highest BCUT2D eigenvalue weighted by Gasteiger charge is 2.08. The minimum Gasteiger partial charge on any atom is -0.381 e. The van der Waals surface area contributed by atoms with E-state index < -0.39 is 10.0 Å². The molecule has 0 atom stereocenters. The van der Waals surface area contributed by atoms with Crippen molar-refractivity contribution in [1.82, 2.24) is 10.0 Å². The van der Waals surface area contributed by atoms with E-state index in [-0.39, 0.29) is 5.75 Å². The smallest absolute Gasteiger partial charge is 0.211 e. The van der Waals surface area contributed by atoms with Crippen LogP contribution in [-0.2, 0) is 14.8 Å². The third-order valence-electron chi connectivity index (χ3n) is 2.87. The number of hydrogen-bond acceptors (Lipinski definition) is 4. The van der Waals surface area contributed by atoms with Gasteiger partial charge < -0.3 is 10.1 Å². The molecule has 5 nitrogen and oxygen atoms in total. The lowest BCUT2D eigenvalue weighted by atomic mass is 10.3. The van der Waals surface area contributed by atoms with E-state index in [9.17, 15) is 8.42 Å². The van der Waals surface area contributed by atoms with Gasteiger partial charge in [0.05, 0.1) is 5.75 Å². The monoisotopic (exact) mass is 308 g/mol. The zero-order valence-corrected chi connectivity index (χ0v) is 13.9. The Hall–Kier alpha value is -0.170. The molecule has 0 unspecified atom stereocenters. The molecule has 122 valence electrons. The summed E-state index contributed by atoms with van der Waals surface area (Å²) < 4.78 is 31.4. The van der Waals surface area contributed by atoms with E-state index in [1.165, 1.54) is 0 Å². The van der Waals surface area contributed by atoms with Gasteiger partial charge in [-0.05, 0) is 45.2 Å². The predicted molar refractivity (Wildman–Crippen MR) is 84.5 cm³/mol. The van der Waals surface area contributed by atoms with E-state index in [0.29, 0.717) is 19.6 Å². The molecule has 6 heteroatoms. The number of rotatable bonds is 15. The first-order valence-electron chi connectivity index (χ1n) is 7.88. The van der Waals surface area contributed by atoms with Crippen molar-refractivity contribution < 1.29 is 13.2 Å². The van der Waals surface area contributed by atoms with Crippen molar-refractivity contribution in [2.75, 3.05) is 38.6 Å². The maximum atomic E-state index is 11.7. The molecule has 0 aromatic rings. The maximum absolute atomic E-state index is 11.7. The molecule has 0 spiro atoms. The number of sulfonamides is 1. The summed E-state index contributed by atoms with van der Waals surface area (Å²) in [4.78, 5) is 0. The molecule has 0 amide bonds. The van der Waals surface area contributed by atoms with Crippen LogP contribution in [0.5, 0.6) is 0 Å². The van der Waals surface area contributed by atoms with Crippen molar-refractivity contribution in [3.05, 3.63) is 0 Å². The second-order valence-corrected chi connectivity index (χ2v) is 6.92. The summed E-state index contributed by atoms with van der Waals surface area (Å²) in [5.41, 5.74) is 0. The van der Waals surface area contributed by atoms with Crippen molar-refractivity contribution in [2.45, 2.75) is 52.4 Å².